The van der Waals surface area contributed by atoms with Crippen molar-refractivity contribution in [1.82, 2.24) is 10.2 Å². The van der Waals surface area contributed by atoms with Gasteiger partial charge in [0, 0.05) is 19.1 Å². The number of hydrogen-bond donors (Lipinski definition) is 1. The second kappa shape index (κ2) is 11.8. The molecule has 0 radical (unpaired) electrons. The number of ether oxygens (including phenoxy) is 2. The van der Waals surface area contributed by atoms with Gasteiger partial charge < -0.3 is 14.8 Å². The van der Waals surface area contributed by atoms with Crippen LogP contribution in [0.2, 0.25) is 0 Å². The molecule has 0 saturated carbocycles. The molecule has 1 N–H and O–H groups in total. The molecule has 1 aromatic carbocycles. The van der Waals surface area contributed by atoms with E-state index in [0.717, 1.165) is 31.1 Å². The van der Waals surface area contributed by atoms with Crippen LogP contribution in [0.3, 0.4) is 0 Å². The van der Waals surface area contributed by atoms with Gasteiger partial charge in [0.2, 0.25) is 0 Å². The predicted molar refractivity (Wildman–Crippen MR) is 101 cm³/mol. The summed E-state index contributed by atoms with van der Waals surface area (Å²) in [7, 11) is 1.69. The van der Waals surface area contributed by atoms with E-state index < -0.39 is 0 Å². The van der Waals surface area contributed by atoms with Crippen molar-refractivity contribution in [1.29, 1.82) is 0 Å². The van der Waals surface area contributed by atoms with Gasteiger partial charge in [0.1, 0.15) is 0 Å². The van der Waals surface area contributed by atoms with Crippen molar-refractivity contribution in [3.8, 4) is 11.5 Å². The van der Waals surface area contributed by atoms with E-state index in [1.807, 2.05) is 13.0 Å². The Hall–Kier alpha value is -0.680. The van der Waals surface area contributed by atoms with Gasteiger partial charge >= 0.3 is 0 Å². The van der Waals surface area contributed by atoms with Gasteiger partial charge in [0.25, 0.3) is 0 Å². The number of nitrogens with zero attached hydrogens (tertiary/aromatic N) is 1. The molecule has 1 aromatic rings. The molecular weight excluding hydrogens is 335 g/mol. The van der Waals surface area contributed by atoms with E-state index >= 15 is 0 Å². The molecule has 1 heterocycles. The van der Waals surface area contributed by atoms with Gasteiger partial charge in [0.15, 0.2) is 11.5 Å². The van der Waals surface area contributed by atoms with Crippen molar-refractivity contribution >= 4 is 24.8 Å². The minimum absolute atomic E-state index is 0. The third-order valence-corrected chi connectivity index (χ3v) is 4.14. The molecule has 0 spiro atoms. The standard InChI is InChI=1S/C17H28N2O2.2ClH/c1-4-19-10-6-7-15(19)13-18-12-14-8-9-16(21-5-2)17(11-14)20-3;;/h8-9,11,15,18H,4-7,10,12-13H2,1-3H3;2*1H. The number of likely N-dealkylation sites (N-methyl/N-ethyl adjacent to an activating group) is 1. The zero-order chi connectivity index (χ0) is 15.1. The van der Waals surface area contributed by atoms with Gasteiger partial charge in [-0.1, -0.05) is 13.0 Å². The van der Waals surface area contributed by atoms with Gasteiger partial charge in [-0.25, -0.2) is 0 Å². The smallest absolute Gasteiger partial charge is 0.161 e. The van der Waals surface area contributed by atoms with Crippen LogP contribution in [0.4, 0.5) is 0 Å². The second-order valence-electron chi connectivity index (χ2n) is 5.47. The fourth-order valence-corrected chi connectivity index (χ4v) is 3.02. The highest BCUT2D eigenvalue weighted by atomic mass is 35.5. The second-order valence-corrected chi connectivity index (χ2v) is 5.47. The third kappa shape index (κ3) is 6.38. The summed E-state index contributed by atoms with van der Waals surface area (Å²) in [5.74, 6) is 1.63. The summed E-state index contributed by atoms with van der Waals surface area (Å²) >= 11 is 0. The molecule has 2 rings (SSSR count). The molecule has 1 unspecified atom stereocenters. The number of halogens is 2. The number of benzene rings is 1. The minimum atomic E-state index is 0. The van der Waals surface area contributed by atoms with E-state index in [2.05, 4.69) is 29.3 Å². The number of nitrogens with one attached hydrogen (secondary N) is 1. The maximum absolute atomic E-state index is 5.55. The molecule has 0 bridgehead atoms. The van der Waals surface area contributed by atoms with E-state index in [4.69, 9.17) is 9.47 Å². The highest BCUT2D eigenvalue weighted by Gasteiger charge is 2.22. The van der Waals surface area contributed by atoms with Crippen molar-refractivity contribution in [3.63, 3.8) is 0 Å². The molecule has 6 heteroatoms. The summed E-state index contributed by atoms with van der Waals surface area (Å²) in [4.78, 5) is 2.56. The lowest BCUT2D eigenvalue weighted by Gasteiger charge is -2.23. The van der Waals surface area contributed by atoms with Crippen molar-refractivity contribution in [3.05, 3.63) is 23.8 Å². The summed E-state index contributed by atoms with van der Waals surface area (Å²) in [5, 5.41) is 3.57. The van der Waals surface area contributed by atoms with E-state index in [1.165, 1.54) is 24.9 Å². The SMILES string of the molecule is CCOc1ccc(CNCC2CCCN2CC)cc1OC.Cl.Cl. The average Bonchev–Trinajstić information content (AvgIpc) is 2.96. The summed E-state index contributed by atoms with van der Waals surface area (Å²) in [6.07, 6.45) is 2.64. The maximum atomic E-state index is 5.55. The molecule has 1 aliphatic heterocycles. The largest absolute Gasteiger partial charge is 0.493 e. The van der Waals surface area contributed by atoms with E-state index in [-0.39, 0.29) is 24.8 Å². The van der Waals surface area contributed by atoms with Crippen LogP contribution in [0, 0.1) is 0 Å². The van der Waals surface area contributed by atoms with Gasteiger partial charge in [0.05, 0.1) is 13.7 Å². The van der Waals surface area contributed by atoms with E-state index in [0.29, 0.717) is 12.6 Å². The first-order valence-corrected chi connectivity index (χ1v) is 8.03. The Morgan fingerprint density at radius 2 is 2.00 bits per heavy atom. The van der Waals surface area contributed by atoms with Crippen molar-refractivity contribution in [2.45, 2.75) is 39.3 Å². The molecule has 134 valence electrons. The van der Waals surface area contributed by atoms with Crippen molar-refractivity contribution in [2.75, 3.05) is 33.4 Å². The molecule has 1 fully saturated rings. The van der Waals surface area contributed by atoms with Crippen LogP contribution in [0.15, 0.2) is 18.2 Å². The van der Waals surface area contributed by atoms with Gasteiger partial charge in [-0.3, -0.25) is 4.90 Å². The quantitative estimate of drug-likeness (QED) is 0.765. The van der Waals surface area contributed by atoms with Crippen molar-refractivity contribution in [2.24, 2.45) is 0 Å². The molecule has 0 amide bonds. The van der Waals surface area contributed by atoms with Gasteiger partial charge in [-0.05, 0) is 50.6 Å². The van der Waals surface area contributed by atoms with E-state index in [1.54, 1.807) is 7.11 Å². The van der Waals surface area contributed by atoms with E-state index in [9.17, 15) is 0 Å². The lowest BCUT2D eigenvalue weighted by atomic mass is 10.2. The lowest BCUT2D eigenvalue weighted by Crippen LogP contribution is -2.37. The third-order valence-electron chi connectivity index (χ3n) is 4.14. The molecule has 1 aliphatic rings. The van der Waals surface area contributed by atoms with Crippen LogP contribution in [0.25, 0.3) is 0 Å². The Balaban J connectivity index is 0.00000242. The number of hydrogen-bond acceptors (Lipinski definition) is 4. The Bertz CT molecular complexity index is 447. The summed E-state index contributed by atoms with van der Waals surface area (Å²) < 4.78 is 10.9. The van der Waals surface area contributed by atoms with Crippen LogP contribution in [-0.4, -0.2) is 44.3 Å². The Kier molecular flexibility index (Phi) is 11.4. The number of methoxy groups -OCH3 is 1. The van der Waals surface area contributed by atoms with Gasteiger partial charge in [-0.2, -0.15) is 0 Å². The fourth-order valence-electron chi connectivity index (χ4n) is 3.02. The number of rotatable bonds is 8. The van der Waals surface area contributed by atoms with Crippen LogP contribution in [0.1, 0.15) is 32.3 Å². The van der Waals surface area contributed by atoms with Crippen molar-refractivity contribution < 1.29 is 9.47 Å². The zero-order valence-electron chi connectivity index (χ0n) is 14.3. The Morgan fingerprint density at radius 3 is 2.65 bits per heavy atom. The Morgan fingerprint density at radius 1 is 1.22 bits per heavy atom. The maximum Gasteiger partial charge on any atom is 0.161 e. The zero-order valence-corrected chi connectivity index (χ0v) is 16.0. The molecular formula is C17H30Cl2N2O2. The van der Waals surface area contributed by atoms with Gasteiger partial charge in [-0.15, -0.1) is 24.8 Å². The van der Waals surface area contributed by atoms with Crippen LogP contribution in [0.5, 0.6) is 11.5 Å². The average molecular weight is 365 g/mol. The first-order chi connectivity index (χ1) is 10.3. The highest BCUT2D eigenvalue weighted by Crippen LogP contribution is 2.28. The predicted octanol–water partition coefficient (Wildman–Crippen LogP) is 3.51. The molecule has 1 saturated heterocycles. The number of likely N-dealkylation sites (tertiary alicyclic amines) is 1. The topological polar surface area (TPSA) is 33.7 Å². The first-order valence-electron chi connectivity index (χ1n) is 8.03. The van der Waals surface area contributed by atoms with Crippen LogP contribution >= 0.6 is 24.8 Å². The molecule has 23 heavy (non-hydrogen) atoms. The first kappa shape index (κ1) is 22.3. The minimum Gasteiger partial charge on any atom is -0.493 e. The van der Waals surface area contributed by atoms with Crippen LogP contribution in [-0.2, 0) is 6.54 Å². The molecule has 4 nitrogen and oxygen atoms in total. The summed E-state index contributed by atoms with van der Waals surface area (Å²) in [5.41, 5.74) is 1.23. The normalized spacial score (nSPS) is 17.3. The summed E-state index contributed by atoms with van der Waals surface area (Å²) in [6, 6.07) is 6.85. The fraction of sp³-hybridized carbons (Fsp3) is 0.647. The molecule has 0 aromatic heterocycles. The lowest BCUT2D eigenvalue weighted by molar-refractivity contribution is 0.260. The summed E-state index contributed by atoms with van der Waals surface area (Å²) in [6.45, 7) is 9.22. The highest BCUT2D eigenvalue weighted by molar-refractivity contribution is 5.85. The van der Waals surface area contributed by atoms with Crippen LogP contribution < -0.4 is 14.8 Å². The Labute approximate surface area is 152 Å². The molecule has 0 aliphatic carbocycles. The molecule has 1 atom stereocenters. The monoisotopic (exact) mass is 364 g/mol.